The standard InChI is InChI=1S/C18H18N4O3S/c1-10(2)22-16(23)14-13(19-18(22)25)15(26-20-14)17(24)21-8-7-11-5-3-4-6-12(11)9-21/h3-6,10H,7-9H2,1-2H3,(H,19,25). The van der Waals surface area contributed by atoms with Gasteiger partial charge in [0, 0.05) is 19.1 Å². The third-order valence-electron chi connectivity index (χ3n) is 4.69. The van der Waals surface area contributed by atoms with Crippen LogP contribution in [-0.4, -0.2) is 31.3 Å². The lowest BCUT2D eigenvalue weighted by Crippen LogP contribution is -2.37. The highest BCUT2D eigenvalue weighted by atomic mass is 32.1. The van der Waals surface area contributed by atoms with Crippen LogP contribution >= 0.6 is 11.5 Å². The fourth-order valence-electron chi connectivity index (χ4n) is 3.35. The van der Waals surface area contributed by atoms with Gasteiger partial charge in [0.1, 0.15) is 4.88 Å². The van der Waals surface area contributed by atoms with Gasteiger partial charge in [0.15, 0.2) is 5.52 Å². The second-order valence-corrected chi connectivity index (χ2v) is 7.45. The summed E-state index contributed by atoms with van der Waals surface area (Å²) in [4.78, 5) is 42.5. The van der Waals surface area contributed by atoms with Gasteiger partial charge >= 0.3 is 5.69 Å². The second-order valence-electron chi connectivity index (χ2n) is 6.68. The van der Waals surface area contributed by atoms with Crippen molar-refractivity contribution in [3.63, 3.8) is 0 Å². The highest BCUT2D eigenvalue weighted by Gasteiger charge is 2.26. The molecule has 0 fully saturated rings. The zero-order chi connectivity index (χ0) is 18.4. The van der Waals surface area contributed by atoms with E-state index < -0.39 is 11.2 Å². The van der Waals surface area contributed by atoms with Gasteiger partial charge in [-0.05, 0) is 42.9 Å². The molecular formula is C18H18N4O3S. The molecule has 0 bridgehead atoms. The number of aromatic amines is 1. The number of aromatic nitrogens is 3. The lowest BCUT2D eigenvalue weighted by molar-refractivity contribution is 0.0741. The van der Waals surface area contributed by atoms with Crippen LogP contribution in [0, 0.1) is 0 Å². The molecular weight excluding hydrogens is 352 g/mol. The molecule has 4 rings (SSSR count). The van der Waals surface area contributed by atoms with Crippen LogP contribution in [0.4, 0.5) is 0 Å². The molecule has 134 valence electrons. The summed E-state index contributed by atoms with van der Waals surface area (Å²) in [7, 11) is 0. The molecule has 0 atom stereocenters. The van der Waals surface area contributed by atoms with Crippen LogP contribution in [0.25, 0.3) is 11.0 Å². The molecule has 8 heteroatoms. The summed E-state index contributed by atoms with van der Waals surface area (Å²) in [5.74, 6) is -0.204. The maximum atomic E-state index is 13.0. The molecule has 1 amide bonds. The Balaban J connectivity index is 1.75. The van der Waals surface area contributed by atoms with E-state index in [-0.39, 0.29) is 23.0 Å². The van der Waals surface area contributed by atoms with E-state index in [1.54, 1.807) is 18.7 Å². The van der Waals surface area contributed by atoms with Gasteiger partial charge in [-0.25, -0.2) is 4.79 Å². The molecule has 0 aliphatic carbocycles. The molecule has 7 nitrogen and oxygen atoms in total. The number of nitrogens with zero attached hydrogens (tertiary/aromatic N) is 3. The number of hydrogen-bond acceptors (Lipinski definition) is 5. The summed E-state index contributed by atoms with van der Waals surface area (Å²) in [5.41, 5.74) is 1.78. The topological polar surface area (TPSA) is 88.1 Å². The van der Waals surface area contributed by atoms with Crippen molar-refractivity contribution < 1.29 is 4.79 Å². The Bertz CT molecular complexity index is 1130. The van der Waals surface area contributed by atoms with Gasteiger partial charge in [-0.15, -0.1) is 0 Å². The minimum absolute atomic E-state index is 0.143. The van der Waals surface area contributed by atoms with Crippen LogP contribution in [-0.2, 0) is 13.0 Å². The summed E-state index contributed by atoms with van der Waals surface area (Å²) in [6.07, 6.45) is 0.787. The van der Waals surface area contributed by atoms with Gasteiger partial charge in [-0.1, -0.05) is 24.3 Å². The number of fused-ring (bicyclic) bond motifs is 2. The van der Waals surface area contributed by atoms with E-state index in [0.29, 0.717) is 18.0 Å². The number of rotatable bonds is 2. The molecule has 0 unspecified atom stereocenters. The van der Waals surface area contributed by atoms with Crippen molar-refractivity contribution in [2.24, 2.45) is 0 Å². The first-order valence-corrected chi connectivity index (χ1v) is 9.25. The molecule has 1 aliphatic rings. The van der Waals surface area contributed by atoms with Crippen LogP contribution in [0.2, 0.25) is 0 Å². The maximum Gasteiger partial charge on any atom is 0.329 e. The van der Waals surface area contributed by atoms with E-state index in [2.05, 4.69) is 15.4 Å². The average molecular weight is 370 g/mol. The normalized spacial score (nSPS) is 14.0. The summed E-state index contributed by atoms with van der Waals surface area (Å²) in [6.45, 7) is 4.63. The molecule has 3 aromatic rings. The SMILES string of the molecule is CC(C)n1c(=O)[nH]c2c(C(=O)N3CCc4ccccc4C3)snc2c1=O. The number of carbonyl (C=O) groups is 1. The van der Waals surface area contributed by atoms with Crippen molar-refractivity contribution in [3.8, 4) is 0 Å². The van der Waals surface area contributed by atoms with Crippen molar-refractivity contribution in [1.29, 1.82) is 0 Å². The van der Waals surface area contributed by atoms with Crippen LogP contribution in [0.3, 0.4) is 0 Å². The molecule has 0 radical (unpaired) electrons. The molecule has 26 heavy (non-hydrogen) atoms. The molecule has 0 saturated carbocycles. The minimum Gasteiger partial charge on any atom is -0.333 e. The minimum atomic E-state index is -0.518. The summed E-state index contributed by atoms with van der Waals surface area (Å²) in [5, 5.41) is 0. The van der Waals surface area contributed by atoms with Crippen LogP contribution in [0.1, 0.15) is 40.7 Å². The molecule has 1 N–H and O–H groups in total. The third-order valence-corrected chi connectivity index (χ3v) is 5.53. The zero-order valence-electron chi connectivity index (χ0n) is 14.5. The lowest BCUT2D eigenvalue weighted by Gasteiger charge is -2.28. The van der Waals surface area contributed by atoms with Crippen molar-refractivity contribution in [2.45, 2.75) is 32.9 Å². The Morgan fingerprint density at radius 2 is 1.96 bits per heavy atom. The predicted octanol–water partition coefficient (Wildman–Crippen LogP) is 1.93. The second kappa shape index (κ2) is 6.21. The van der Waals surface area contributed by atoms with Crippen molar-refractivity contribution in [1.82, 2.24) is 18.8 Å². The molecule has 1 aromatic carbocycles. The maximum absolute atomic E-state index is 13.0. The van der Waals surface area contributed by atoms with Crippen molar-refractivity contribution in [2.75, 3.05) is 6.54 Å². The quantitative estimate of drug-likeness (QED) is 0.747. The Morgan fingerprint density at radius 1 is 1.23 bits per heavy atom. The van der Waals surface area contributed by atoms with Gasteiger partial charge in [0.2, 0.25) is 0 Å². The van der Waals surface area contributed by atoms with E-state index >= 15 is 0 Å². The fourth-order valence-corrected chi connectivity index (χ4v) is 4.15. The molecule has 3 heterocycles. The predicted molar refractivity (Wildman–Crippen MR) is 99.8 cm³/mol. The van der Waals surface area contributed by atoms with Crippen LogP contribution in [0.5, 0.6) is 0 Å². The monoisotopic (exact) mass is 370 g/mol. The van der Waals surface area contributed by atoms with Gasteiger partial charge in [-0.3, -0.25) is 14.2 Å². The van der Waals surface area contributed by atoms with Crippen LogP contribution in [0.15, 0.2) is 33.9 Å². The largest absolute Gasteiger partial charge is 0.333 e. The molecule has 2 aromatic heterocycles. The number of carbonyl (C=O) groups excluding carboxylic acids is 1. The van der Waals surface area contributed by atoms with Gasteiger partial charge < -0.3 is 9.88 Å². The average Bonchev–Trinajstić information content (AvgIpc) is 3.04. The van der Waals surface area contributed by atoms with Gasteiger partial charge in [-0.2, -0.15) is 4.37 Å². The number of hydrogen-bond donors (Lipinski definition) is 1. The highest BCUT2D eigenvalue weighted by molar-refractivity contribution is 7.09. The zero-order valence-corrected chi connectivity index (χ0v) is 15.3. The Labute approximate surface area is 153 Å². The first-order valence-electron chi connectivity index (χ1n) is 8.47. The van der Waals surface area contributed by atoms with E-state index in [1.165, 1.54) is 5.56 Å². The lowest BCUT2D eigenvalue weighted by atomic mass is 10.00. The summed E-state index contributed by atoms with van der Waals surface area (Å²) < 4.78 is 5.27. The van der Waals surface area contributed by atoms with E-state index in [9.17, 15) is 14.4 Å². The first kappa shape index (κ1) is 16.7. The smallest absolute Gasteiger partial charge is 0.329 e. The van der Waals surface area contributed by atoms with Gasteiger partial charge in [0.05, 0.1) is 5.52 Å². The van der Waals surface area contributed by atoms with Crippen molar-refractivity contribution >= 4 is 28.5 Å². The number of nitrogens with one attached hydrogen (secondary N) is 1. The number of H-pyrrole nitrogens is 1. The highest BCUT2D eigenvalue weighted by Crippen LogP contribution is 2.24. The molecule has 1 aliphatic heterocycles. The van der Waals surface area contributed by atoms with Crippen LogP contribution < -0.4 is 11.2 Å². The Morgan fingerprint density at radius 3 is 2.69 bits per heavy atom. The third kappa shape index (κ3) is 2.57. The Hall–Kier alpha value is -2.74. The molecule has 0 saturated heterocycles. The molecule has 0 spiro atoms. The first-order chi connectivity index (χ1) is 12.5. The van der Waals surface area contributed by atoms with E-state index in [1.807, 2.05) is 18.2 Å². The summed E-state index contributed by atoms with van der Waals surface area (Å²) in [6, 6.07) is 7.77. The fraction of sp³-hybridized carbons (Fsp3) is 0.333. The number of benzene rings is 1. The Kier molecular flexibility index (Phi) is 3.99. The van der Waals surface area contributed by atoms with Crippen molar-refractivity contribution in [3.05, 3.63) is 61.1 Å². The van der Waals surface area contributed by atoms with E-state index in [4.69, 9.17) is 0 Å². The number of amides is 1. The summed E-state index contributed by atoms with van der Waals surface area (Å²) >= 11 is 0.964. The van der Waals surface area contributed by atoms with E-state index in [0.717, 1.165) is 28.1 Å². The van der Waals surface area contributed by atoms with Gasteiger partial charge in [0.25, 0.3) is 11.5 Å².